The Morgan fingerprint density at radius 2 is 1.13 bits per heavy atom. The van der Waals surface area contributed by atoms with Crippen molar-refractivity contribution in [3.05, 3.63) is 123 Å². The van der Waals surface area contributed by atoms with E-state index in [1.165, 1.54) is 0 Å². The summed E-state index contributed by atoms with van der Waals surface area (Å²) in [5.41, 5.74) is 11.5. The predicted octanol–water partition coefficient (Wildman–Crippen LogP) is 7.35. The first-order valence-corrected chi connectivity index (χ1v) is 20.9. The van der Waals surface area contributed by atoms with Gasteiger partial charge in [0.2, 0.25) is 0 Å². The molecule has 24 heteroatoms. The van der Waals surface area contributed by atoms with Gasteiger partial charge in [0.15, 0.2) is 0 Å². The zero-order valence-electron chi connectivity index (χ0n) is 37.6. The number of nitrogens with two attached hydrogens (primary N) is 1. The lowest BCUT2D eigenvalue weighted by Crippen LogP contribution is -2.17. The largest absolute Gasteiger partial charge is 0.497 e. The summed E-state index contributed by atoms with van der Waals surface area (Å²) in [5, 5.41) is 12.8. The molecule has 356 valence electrons. The van der Waals surface area contributed by atoms with Gasteiger partial charge in [-0.15, -0.1) is 12.4 Å². The molecule has 0 unspecified atom stereocenters. The summed E-state index contributed by atoms with van der Waals surface area (Å²) in [6.45, 7) is 9.11. The number of aromatic nitrogens is 14. The number of rotatable bonds is 10. The highest BCUT2D eigenvalue weighted by atomic mass is 35.5. The monoisotopic (exact) mass is 1000 g/mol. The van der Waals surface area contributed by atoms with Crippen LogP contribution >= 0.6 is 51.0 Å². The van der Waals surface area contributed by atoms with Crippen molar-refractivity contribution in [3.8, 4) is 34.3 Å². The maximum absolute atomic E-state index is 13.2. The minimum atomic E-state index is -0.311. The zero-order valence-corrected chi connectivity index (χ0v) is 41.2. The first kappa shape index (κ1) is 52.0. The number of pyridine rings is 2. The summed E-state index contributed by atoms with van der Waals surface area (Å²) >= 11 is 6.46. The summed E-state index contributed by atoms with van der Waals surface area (Å²) in [5.74, 6) is 3.54. The quantitative estimate of drug-likeness (QED) is 0.0782. The number of hydrogen-bond donors (Lipinski definition) is 6. The molecule has 0 aliphatic heterocycles. The van der Waals surface area contributed by atoms with E-state index >= 15 is 0 Å². The molecule has 68 heavy (non-hydrogen) atoms. The normalized spacial score (nSPS) is 11.6. The van der Waals surface area contributed by atoms with E-state index in [9.17, 15) is 9.59 Å². The van der Waals surface area contributed by atoms with E-state index in [1.807, 2.05) is 70.3 Å². The Labute approximate surface area is 413 Å². The highest BCUT2D eigenvalue weighted by Gasteiger charge is 2.23. The van der Waals surface area contributed by atoms with Crippen LogP contribution in [-0.2, 0) is 13.1 Å². The van der Waals surface area contributed by atoms with Crippen LogP contribution in [0.5, 0.6) is 11.5 Å². The number of imidazole rings is 2. The second-order valence-corrected chi connectivity index (χ2v) is 15.0. The Morgan fingerprint density at radius 1 is 0.676 bits per heavy atom. The highest BCUT2D eigenvalue weighted by molar-refractivity contribution is 7.59. The Morgan fingerprint density at radius 3 is 1.60 bits per heavy atom. The van der Waals surface area contributed by atoms with Crippen molar-refractivity contribution in [2.45, 2.75) is 52.9 Å². The lowest BCUT2D eigenvalue weighted by molar-refractivity contribution is 0.415. The van der Waals surface area contributed by atoms with Gasteiger partial charge >= 0.3 is 0 Å². The number of H-pyrrole nitrogens is 4. The van der Waals surface area contributed by atoms with Crippen molar-refractivity contribution in [1.29, 1.82) is 0 Å². The standard InChI is InChI=1S/C22H22N8O2.C16H14ClN5O2.C6H9N3.ClH.2H2S/c1-4-30-11-16-18(29-30)19(25-12(2)20-23-8-5-9-24-20)17(22(31)28-16)21-26-14-7-6-13(32-3)10-15(14)27-21;1-3-22-7-11-14(21-22)13(17)12(16(23)20-11)15-18-9-5-4-8(24-2)6-10(9)19-15;1-5(7)6-8-3-2-4-9-6;;;/h5-12,25H,4H2,1-3H3,(H,26,27)(H,28,31);4-7H,3H2,1-2H3,(H,18,19)(H,20,23);2-5H,7H2,1H3;1H;2*1H2/t12-;;5-;;;/m0.0.../s1. The molecule has 0 bridgehead atoms. The van der Waals surface area contributed by atoms with Gasteiger partial charge in [-0.25, -0.2) is 29.9 Å². The average molecular weight is 1000 g/mol. The van der Waals surface area contributed by atoms with Crippen LogP contribution in [0.25, 0.3) is 66.9 Å². The van der Waals surface area contributed by atoms with Crippen molar-refractivity contribution in [2.24, 2.45) is 5.73 Å². The first-order valence-electron chi connectivity index (χ1n) is 20.5. The van der Waals surface area contributed by atoms with Gasteiger partial charge in [0, 0.05) is 62.4 Å². The van der Waals surface area contributed by atoms with Crippen molar-refractivity contribution < 1.29 is 9.47 Å². The molecule has 10 rings (SSSR count). The number of methoxy groups -OCH3 is 2. The zero-order chi connectivity index (χ0) is 45.8. The van der Waals surface area contributed by atoms with Crippen LogP contribution in [0.3, 0.4) is 0 Å². The van der Waals surface area contributed by atoms with Gasteiger partial charge in [-0.1, -0.05) is 11.6 Å². The predicted molar refractivity (Wildman–Crippen MR) is 277 cm³/mol. The summed E-state index contributed by atoms with van der Waals surface area (Å²) in [6, 6.07) is 14.2. The van der Waals surface area contributed by atoms with Crippen LogP contribution in [0.2, 0.25) is 5.02 Å². The van der Waals surface area contributed by atoms with E-state index < -0.39 is 0 Å². The molecule has 8 heterocycles. The molecule has 0 saturated heterocycles. The van der Waals surface area contributed by atoms with Gasteiger partial charge in [0.25, 0.3) is 11.1 Å². The number of aryl methyl sites for hydroxylation is 2. The second-order valence-electron chi connectivity index (χ2n) is 14.6. The number of nitrogens with one attached hydrogen (secondary N) is 5. The minimum absolute atomic E-state index is 0. The number of halogens is 2. The molecule has 0 aliphatic carbocycles. The van der Waals surface area contributed by atoms with Crippen LogP contribution in [0.1, 0.15) is 51.4 Å². The molecule has 10 aromatic rings. The lowest BCUT2D eigenvalue weighted by atomic mass is 10.1. The Hall–Kier alpha value is -6.98. The second kappa shape index (κ2) is 22.7. The maximum Gasteiger partial charge on any atom is 0.261 e. The number of hydrogen-bond acceptors (Lipinski definition) is 14. The number of aromatic amines is 4. The van der Waals surface area contributed by atoms with E-state index in [1.54, 1.807) is 66.7 Å². The average Bonchev–Trinajstić information content (AvgIpc) is 4.14. The molecule has 0 fully saturated rings. The molecule has 0 amide bonds. The smallest absolute Gasteiger partial charge is 0.261 e. The summed E-state index contributed by atoms with van der Waals surface area (Å²) in [6.07, 6.45) is 10.3. The van der Waals surface area contributed by atoms with E-state index in [0.29, 0.717) is 81.2 Å². The van der Waals surface area contributed by atoms with Crippen molar-refractivity contribution in [1.82, 2.24) is 69.4 Å². The fourth-order valence-electron chi connectivity index (χ4n) is 6.92. The van der Waals surface area contributed by atoms with Crippen LogP contribution in [-0.4, -0.2) is 83.6 Å². The van der Waals surface area contributed by atoms with Gasteiger partial charge in [-0.05, 0) is 64.1 Å². The number of anilines is 1. The third kappa shape index (κ3) is 10.9. The Bertz CT molecular complexity index is 3390. The SMILES string of the molecule is CCn1cc2[nH]c(=O)c(-c3nc4ccc(OC)cc4[nH]3)c(Cl)c2n1.CCn1cc2[nH]c(=O)c(-c3nc4ccc(OC)cc4[nH]3)c(N[C@@H](C)c3ncccn3)c2n1.C[C@H](N)c1ncccn1.Cl.S.S. The van der Waals surface area contributed by atoms with Crippen LogP contribution in [0.15, 0.2) is 95.3 Å². The summed E-state index contributed by atoms with van der Waals surface area (Å²) in [4.78, 5) is 63.5. The molecule has 7 N–H and O–H groups in total. The van der Waals surface area contributed by atoms with Crippen molar-refractivity contribution in [3.63, 3.8) is 0 Å². The molecule has 0 aliphatic rings. The van der Waals surface area contributed by atoms with Crippen LogP contribution < -0.4 is 31.6 Å². The van der Waals surface area contributed by atoms with Gasteiger partial charge in [0.05, 0.1) is 70.1 Å². The maximum atomic E-state index is 13.2. The number of benzene rings is 2. The molecule has 0 spiro atoms. The van der Waals surface area contributed by atoms with Crippen molar-refractivity contribution in [2.75, 3.05) is 19.5 Å². The van der Waals surface area contributed by atoms with E-state index in [-0.39, 0.29) is 73.2 Å². The third-order valence-corrected chi connectivity index (χ3v) is 10.6. The van der Waals surface area contributed by atoms with Crippen LogP contribution in [0, 0.1) is 0 Å². The fourth-order valence-corrected chi connectivity index (χ4v) is 7.24. The molecular weight excluding hydrogens is 952 g/mol. The van der Waals surface area contributed by atoms with Gasteiger partial charge < -0.3 is 40.5 Å². The Kier molecular flexibility index (Phi) is 17.3. The molecule has 0 radical (unpaired) electrons. The summed E-state index contributed by atoms with van der Waals surface area (Å²) in [7, 11) is 3.20. The van der Waals surface area contributed by atoms with Gasteiger partial charge in [-0.2, -0.15) is 37.2 Å². The molecule has 2 atom stereocenters. The molecule has 0 saturated carbocycles. The Balaban J connectivity index is 0.000000212. The number of fused-ring (bicyclic) bond motifs is 4. The highest BCUT2D eigenvalue weighted by Crippen LogP contribution is 2.33. The van der Waals surface area contributed by atoms with Gasteiger partial charge in [-0.3, -0.25) is 19.0 Å². The van der Waals surface area contributed by atoms with Crippen LogP contribution in [0.4, 0.5) is 5.69 Å². The van der Waals surface area contributed by atoms with E-state index in [0.717, 1.165) is 22.1 Å². The third-order valence-electron chi connectivity index (χ3n) is 10.2. The lowest BCUT2D eigenvalue weighted by Gasteiger charge is -2.16. The van der Waals surface area contributed by atoms with E-state index in [2.05, 4.69) is 65.4 Å². The topological polar surface area (TPSA) is 267 Å². The molecule has 8 aromatic heterocycles. The minimum Gasteiger partial charge on any atom is -0.497 e. The first-order chi connectivity index (χ1) is 31.5. The number of ether oxygens (including phenoxy) is 2. The fraction of sp³-hybridized carbons (Fsp3) is 0.227. The van der Waals surface area contributed by atoms with E-state index in [4.69, 9.17) is 26.8 Å². The van der Waals surface area contributed by atoms with Crippen molar-refractivity contribution >= 4 is 101 Å². The molecular formula is C44H50Cl2N16O4S2. The molecule has 2 aromatic carbocycles. The summed E-state index contributed by atoms with van der Waals surface area (Å²) < 4.78 is 14.0. The number of nitrogens with zero attached hydrogens (tertiary/aromatic N) is 10. The molecule has 20 nitrogen and oxygen atoms in total. The van der Waals surface area contributed by atoms with Gasteiger partial charge in [0.1, 0.15) is 57.0 Å².